The zero-order valence-corrected chi connectivity index (χ0v) is 16.1. The summed E-state index contributed by atoms with van der Waals surface area (Å²) < 4.78 is 5.13. The van der Waals surface area contributed by atoms with Crippen LogP contribution in [0.3, 0.4) is 0 Å². The van der Waals surface area contributed by atoms with Gasteiger partial charge in [-0.05, 0) is 36.5 Å². The summed E-state index contributed by atoms with van der Waals surface area (Å²) >= 11 is 0. The molecule has 2 rings (SSSR count). The second-order valence-electron chi connectivity index (χ2n) is 6.52. The van der Waals surface area contributed by atoms with Crippen LogP contribution in [0.25, 0.3) is 0 Å². The number of hydrogen-bond donors (Lipinski definition) is 0. The van der Waals surface area contributed by atoms with Crippen LogP contribution in [0.5, 0.6) is 0 Å². The molecule has 2 fully saturated rings. The summed E-state index contributed by atoms with van der Waals surface area (Å²) in [6, 6.07) is 0. The number of methoxy groups -OCH3 is 1. The summed E-state index contributed by atoms with van der Waals surface area (Å²) in [6.07, 6.45) is 13.2. The van der Waals surface area contributed by atoms with Gasteiger partial charge in [0.15, 0.2) is 0 Å². The molecule has 0 aromatic carbocycles. The van der Waals surface area contributed by atoms with E-state index in [2.05, 4.69) is 26.5 Å². The maximum Gasteiger partial charge on any atom is 0.0515 e. The SMILES string of the molecule is C=CC1(C)CCCC1.CC.CC.COCC1(C)CCCC1. The lowest BCUT2D eigenvalue weighted by Gasteiger charge is -2.21. The summed E-state index contributed by atoms with van der Waals surface area (Å²) in [7, 11) is 1.80. The highest BCUT2D eigenvalue weighted by Gasteiger charge is 2.28. The summed E-state index contributed by atoms with van der Waals surface area (Å²) in [4.78, 5) is 0. The van der Waals surface area contributed by atoms with Crippen molar-refractivity contribution in [3.05, 3.63) is 12.7 Å². The average Bonchev–Trinajstić information content (AvgIpc) is 3.14. The molecule has 0 aliphatic heterocycles. The molecule has 2 aliphatic carbocycles. The smallest absolute Gasteiger partial charge is 0.0515 e. The van der Waals surface area contributed by atoms with Crippen LogP contribution < -0.4 is 0 Å². The third-order valence-corrected chi connectivity index (χ3v) is 4.54. The van der Waals surface area contributed by atoms with Gasteiger partial charge in [0.25, 0.3) is 0 Å². The van der Waals surface area contributed by atoms with Crippen LogP contribution in [0, 0.1) is 10.8 Å². The predicted molar refractivity (Wildman–Crippen MR) is 97.9 cm³/mol. The first-order valence-corrected chi connectivity index (χ1v) is 9.16. The van der Waals surface area contributed by atoms with Gasteiger partial charge in [-0.25, -0.2) is 0 Å². The third-order valence-electron chi connectivity index (χ3n) is 4.54. The van der Waals surface area contributed by atoms with Crippen LogP contribution in [0.4, 0.5) is 0 Å². The Bertz CT molecular complexity index is 220. The zero-order valence-electron chi connectivity index (χ0n) is 16.1. The molecular weight excluding hydrogens is 256 g/mol. The third kappa shape index (κ3) is 10.1. The Morgan fingerprint density at radius 2 is 1.24 bits per heavy atom. The molecule has 2 saturated carbocycles. The van der Waals surface area contributed by atoms with E-state index in [0.717, 1.165) is 6.61 Å². The fourth-order valence-corrected chi connectivity index (χ4v) is 3.11. The van der Waals surface area contributed by atoms with Gasteiger partial charge in [0.1, 0.15) is 0 Å². The van der Waals surface area contributed by atoms with E-state index in [1.807, 2.05) is 27.7 Å². The molecule has 0 unspecified atom stereocenters. The highest BCUT2D eigenvalue weighted by atomic mass is 16.5. The summed E-state index contributed by atoms with van der Waals surface area (Å²) in [6.45, 7) is 17.4. The topological polar surface area (TPSA) is 9.23 Å². The van der Waals surface area contributed by atoms with E-state index in [0.29, 0.717) is 10.8 Å². The maximum absolute atomic E-state index is 5.13. The molecular formula is C20H42O. The van der Waals surface area contributed by atoms with E-state index in [4.69, 9.17) is 4.74 Å². The van der Waals surface area contributed by atoms with Crippen LogP contribution in [0.1, 0.15) is 92.9 Å². The average molecular weight is 299 g/mol. The molecule has 0 heterocycles. The van der Waals surface area contributed by atoms with E-state index in [1.165, 1.54) is 51.4 Å². The van der Waals surface area contributed by atoms with Crippen molar-refractivity contribution in [2.75, 3.05) is 13.7 Å². The molecule has 128 valence electrons. The van der Waals surface area contributed by atoms with Gasteiger partial charge in [0.05, 0.1) is 6.61 Å². The normalized spacial score (nSPS) is 20.9. The highest BCUT2D eigenvalue weighted by Crippen LogP contribution is 2.38. The molecule has 0 amide bonds. The Kier molecular flexibility index (Phi) is 14.6. The molecule has 0 spiro atoms. The second kappa shape index (κ2) is 13.4. The monoisotopic (exact) mass is 298 g/mol. The van der Waals surface area contributed by atoms with Crippen molar-refractivity contribution >= 4 is 0 Å². The van der Waals surface area contributed by atoms with E-state index < -0.39 is 0 Å². The molecule has 1 nitrogen and oxygen atoms in total. The van der Waals surface area contributed by atoms with Crippen molar-refractivity contribution in [2.24, 2.45) is 10.8 Å². The first kappa shape index (κ1) is 23.0. The fourth-order valence-electron chi connectivity index (χ4n) is 3.11. The number of allylic oxidation sites excluding steroid dienone is 1. The van der Waals surface area contributed by atoms with E-state index in [-0.39, 0.29) is 0 Å². The summed E-state index contributed by atoms with van der Waals surface area (Å²) in [5.41, 5.74) is 1.02. The standard InChI is InChI=1S/C8H16O.C8H14.2C2H6/c1-8(7-9-2)5-3-4-6-8;1-3-8(2)6-4-5-7-8;2*1-2/h3-7H2,1-2H3;3H,1,4-7H2,2H3;2*1-2H3. The molecule has 1 heteroatoms. The zero-order chi connectivity index (χ0) is 16.8. The Balaban J connectivity index is 0. The Morgan fingerprint density at radius 1 is 0.857 bits per heavy atom. The quantitative estimate of drug-likeness (QED) is 0.509. The van der Waals surface area contributed by atoms with Crippen molar-refractivity contribution < 1.29 is 4.74 Å². The van der Waals surface area contributed by atoms with E-state index in [1.54, 1.807) is 7.11 Å². The van der Waals surface area contributed by atoms with Crippen LogP contribution in [0.2, 0.25) is 0 Å². The fraction of sp³-hybridized carbons (Fsp3) is 0.900. The summed E-state index contributed by atoms with van der Waals surface area (Å²) in [5, 5.41) is 0. The van der Waals surface area contributed by atoms with Crippen LogP contribution in [-0.4, -0.2) is 13.7 Å². The lowest BCUT2D eigenvalue weighted by Crippen LogP contribution is -2.17. The Hall–Kier alpha value is -0.300. The molecule has 0 bridgehead atoms. The van der Waals surface area contributed by atoms with E-state index >= 15 is 0 Å². The Labute approximate surface area is 135 Å². The van der Waals surface area contributed by atoms with Gasteiger partial charge in [-0.1, -0.05) is 73.3 Å². The summed E-state index contributed by atoms with van der Waals surface area (Å²) in [5.74, 6) is 0. The van der Waals surface area contributed by atoms with Gasteiger partial charge in [-0.2, -0.15) is 0 Å². The second-order valence-corrected chi connectivity index (χ2v) is 6.52. The molecule has 0 aromatic heterocycles. The van der Waals surface area contributed by atoms with Gasteiger partial charge < -0.3 is 4.74 Å². The largest absolute Gasteiger partial charge is 0.384 e. The van der Waals surface area contributed by atoms with Crippen LogP contribution in [0.15, 0.2) is 12.7 Å². The molecule has 0 N–H and O–H groups in total. The van der Waals surface area contributed by atoms with Crippen LogP contribution in [-0.2, 0) is 4.74 Å². The van der Waals surface area contributed by atoms with Crippen molar-refractivity contribution in [1.82, 2.24) is 0 Å². The molecule has 0 aromatic rings. The number of rotatable bonds is 3. The molecule has 0 atom stereocenters. The van der Waals surface area contributed by atoms with E-state index in [9.17, 15) is 0 Å². The number of ether oxygens (including phenoxy) is 1. The predicted octanol–water partition coefficient (Wildman–Crippen LogP) is 7.02. The molecule has 0 saturated heterocycles. The Morgan fingerprint density at radius 3 is 1.52 bits per heavy atom. The highest BCUT2D eigenvalue weighted by molar-refractivity contribution is 4.94. The van der Waals surface area contributed by atoms with Gasteiger partial charge in [0.2, 0.25) is 0 Å². The van der Waals surface area contributed by atoms with Gasteiger partial charge in [-0.15, -0.1) is 6.58 Å². The lowest BCUT2D eigenvalue weighted by molar-refractivity contribution is 0.0967. The van der Waals surface area contributed by atoms with Crippen LogP contribution >= 0.6 is 0 Å². The van der Waals surface area contributed by atoms with Gasteiger partial charge >= 0.3 is 0 Å². The molecule has 2 aliphatic rings. The maximum atomic E-state index is 5.13. The molecule has 21 heavy (non-hydrogen) atoms. The molecule has 0 radical (unpaired) electrons. The minimum atomic E-state index is 0.500. The van der Waals surface area contributed by atoms with Crippen molar-refractivity contribution in [3.63, 3.8) is 0 Å². The first-order chi connectivity index (χ1) is 10.0. The lowest BCUT2D eigenvalue weighted by atomic mass is 9.90. The number of hydrogen-bond acceptors (Lipinski definition) is 1. The van der Waals surface area contributed by atoms with Crippen molar-refractivity contribution in [1.29, 1.82) is 0 Å². The minimum absolute atomic E-state index is 0.500. The van der Waals surface area contributed by atoms with Gasteiger partial charge in [-0.3, -0.25) is 0 Å². The van der Waals surface area contributed by atoms with Crippen molar-refractivity contribution in [2.45, 2.75) is 92.9 Å². The van der Waals surface area contributed by atoms with Crippen molar-refractivity contribution in [3.8, 4) is 0 Å². The minimum Gasteiger partial charge on any atom is -0.384 e. The van der Waals surface area contributed by atoms with Gasteiger partial charge in [0, 0.05) is 7.11 Å². The first-order valence-electron chi connectivity index (χ1n) is 9.16.